The molecule has 0 aliphatic carbocycles. The van der Waals surface area contributed by atoms with Crippen LogP contribution >= 0.6 is 0 Å². The van der Waals surface area contributed by atoms with Crippen molar-refractivity contribution in [1.82, 2.24) is 10.2 Å². The monoisotopic (exact) mass is 277 g/mol. The van der Waals surface area contributed by atoms with E-state index in [2.05, 4.69) is 37.9 Å². The number of hydrogen-bond donors (Lipinski definition) is 2. The number of nitrogens with two attached hydrogens (primary N) is 1. The number of benzene rings is 1. The van der Waals surface area contributed by atoms with E-state index in [1.165, 1.54) is 0 Å². The lowest BCUT2D eigenvalue weighted by Crippen LogP contribution is -2.42. The molecule has 1 amide bonds. The molecule has 1 aromatic carbocycles. The molecule has 112 valence electrons. The fourth-order valence-corrected chi connectivity index (χ4v) is 2.31. The van der Waals surface area contributed by atoms with Gasteiger partial charge < -0.3 is 11.1 Å². The lowest BCUT2D eigenvalue weighted by molar-refractivity contribution is 0.0939. The summed E-state index contributed by atoms with van der Waals surface area (Å²) in [5.41, 5.74) is 7.26. The zero-order chi connectivity index (χ0) is 15.1. The number of nitrogens with zero attached hydrogens (tertiary/aromatic N) is 1. The zero-order valence-corrected chi connectivity index (χ0v) is 13.0. The number of nitrogens with one attached hydrogen (secondary N) is 1. The number of carbonyl (C=O) groups is 1. The maximum Gasteiger partial charge on any atom is 0.251 e. The summed E-state index contributed by atoms with van der Waals surface area (Å²) in [4.78, 5) is 14.4. The molecule has 0 heterocycles. The van der Waals surface area contributed by atoms with Gasteiger partial charge in [0.05, 0.1) is 0 Å². The summed E-state index contributed by atoms with van der Waals surface area (Å²) < 4.78 is 0. The molecule has 0 aliphatic heterocycles. The van der Waals surface area contributed by atoms with Crippen LogP contribution in [-0.2, 0) is 6.54 Å². The molecule has 0 spiro atoms. The second-order valence-corrected chi connectivity index (χ2v) is 5.58. The van der Waals surface area contributed by atoms with E-state index in [-0.39, 0.29) is 5.91 Å². The molecular weight excluding hydrogens is 250 g/mol. The Bertz CT molecular complexity index is 404. The van der Waals surface area contributed by atoms with Crippen molar-refractivity contribution >= 4 is 5.91 Å². The van der Waals surface area contributed by atoms with Crippen LogP contribution in [0.1, 0.15) is 43.6 Å². The quantitative estimate of drug-likeness (QED) is 0.801. The van der Waals surface area contributed by atoms with E-state index < -0.39 is 0 Å². The maximum atomic E-state index is 12.0. The highest BCUT2D eigenvalue weighted by atomic mass is 16.1. The van der Waals surface area contributed by atoms with Crippen molar-refractivity contribution in [3.63, 3.8) is 0 Å². The first-order valence-electron chi connectivity index (χ1n) is 7.28. The molecule has 20 heavy (non-hydrogen) atoms. The topological polar surface area (TPSA) is 58.4 Å². The van der Waals surface area contributed by atoms with Gasteiger partial charge in [-0.3, -0.25) is 9.69 Å². The van der Waals surface area contributed by atoms with Crippen LogP contribution in [-0.4, -0.2) is 36.0 Å². The first kappa shape index (κ1) is 16.7. The molecule has 0 aliphatic rings. The second kappa shape index (κ2) is 8.02. The molecule has 0 saturated carbocycles. The van der Waals surface area contributed by atoms with Gasteiger partial charge >= 0.3 is 0 Å². The molecule has 0 saturated heterocycles. The summed E-state index contributed by atoms with van der Waals surface area (Å²) in [5, 5.41) is 2.96. The molecule has 0 aromatic heterocycles. The van der Waals surface area contributed by atoms with Crippen molar-refractivity contribution in [3.8, 4) is 0 Å². The fourth-order valence-electron chi connectivity index (χ4n) is 2.31. The average Bonchev–Trinajstić information content (AvgIpc) is 2.42. The van der Waals surface area contributed by atoms with E-state index in [1.54, 1.807) is 0 Å². The van der Waals surface area contributed by atoms with E-state index in [0.717, 1.165) is 12.1 Å². The minimum atomic E-state index is -0.0268. The Morgan fingerprint density at radius 3 is 2.15 bits per heavy atom. The van der Waals surface area contributed by atoms with Crippen molar-refractivity contribution < 1.29 is 4.79 Å². The van der Waals surface area contributed by atoms with Crippen molar-refractivity contribution in [1.29, 1.82) is 0 Å². The van der Waals surface area contributed by atoms with Crippen LogP contribution in [0.4, 0.5) is 0 Å². The predicted molar refractivity (Wildman–Crippen MR) is 83.6 cm³/mol. The largest absolute Gasteiger partial charge is 0.351 e. The van der Waals surface area contributed by atoms with Crippen molar-refractivity contribution in [2.24, 2.45) is 5.73 Å². The van der Waals surface area contributed by atoms with Crippen LogP contribution in [0.5, 0.6) is 0 Å². The molecule has 0 unspecified atom stereocenters. The molecule has 4 heteroatoms. The normalized spacial score (nSPS) is 11.4. The third kappa shape index (κ3) is 4.94. The smallest absolute Gasteiger partial charge is 0.251 e. The summed E-state index contributed by atoms with van der Waals surface area (Å²) in [6.07, 6.45) is 0. The summed E-state index contributed by atoms with van der Waals surface area (Å²) in [5.74, 6) is -0.0268. The lowest BCUT2D eigenvalue weighted by Gasteiger charge is -2.30. The molecule has 1 rings (SSSR count). The number of carbonyl (C=O) groups excluding carboxylic acids is 1. The van der Waals surface area contributed by atoms with Crippen LogP contribution in [0.3, 0.4) is 0 Å². The first-order valence-corrected chi connectivity index (χ1v) is 7.28. The Morgan fingerprint density at radius 2 is 1.70 bits per heavy atom. The fraction of sp³-hybridized carbons (Fsp3) is 0.562. The van der Waals surface area contributed by atoms with E-state index >= 15 is 0 Å². The zero-order valence-electron chi connectivity index (χ0n) is 13.0. The average molecular weight is 277 g/mol. The third-order valence-electron chi connectivity index (χ3n) is 3.43. The summed E-state index contributed by atoms with van der Waals surface area (Å²) >= 11 is 0. The Labute approximate surface area is 122 Å². The van der Waals surface area contributed by atoms with E-state index in [9.17, 15) is 4.79 Å². The van der Waals surface area contributed by atoms with E-state index in [4.69, 9.17) is 5.73 Å². The molecule has 4 nitrogen and oxygen atoms in total. The van der Waals surface area contributed by atoms with Gasteiger partial charge in [0.15, 0.2) is 0 Å². The first-order chi connectivity index (χ1) is 9.45. The van der Waals surface area contributed by atoms with Gasteiger partial charge in [0.25, 0.3) is 5.91 Å². The molecule has 0 fully saturated rings. The highest BCUT2D eigenvalue weighted by molar-refractivity contribution is 5.94. The Morgan fingerprint density at radius 1 is 1.15 bits per heavy atom. The highest BCUT2D eigenvalue weighted by Crippen LogP contribution is 2.05. The molecular formula is C16H27N3O. The lowest BCUT2D eigenvalue weighted by atomic mass is 10.1. The van der Waals surface area contributed by atoms with Crippen LogP contribution in [0.2, 0.25) is 0 Å². The van der Waals surface area contributed by atoms with Crippen LogP contribution in [0.25, 0.3) is 0 Å². The Hall–Kier alpha value is -1.39. The van der Waals surface area contributed by atoms with E-state index in [0.29, 0.717) is 30.7 Å². The molecule has 0 atom stereocenters. The number of rotatable bonds is 7. The van der Waals surface area contributed by atoms with Gasteiger partial charge in [0.2, 0.25) is 0 Å². The van der Waals surface area contributed by atoms with Gasteiger partial charge in [-0.2, -0.15) is 0 Å². The summed E-state index contributed by atoms with van der Waals surface area (Å²) in [6.45, 7) is 10.7. The van der Waals surface area contributed by atoms with Gasteiger partial charge in [0, 0.05) is 37.3 Å². The van der Waals surface area contributed by atoms with Crippen LogP contribution < -0.4 is 11.1 Å². The van der Waals surface area contributed by atoms with Gasteiger partial charge in [-0.05, 0) is 45.4 Å². The number of amides is 1. The molecule has 0 radical (unpaired) electrons. The SMILES string of the molecule is CC(C)N(CCNC(=O)c1ccc(CN)cc1)C(C)C. The van der Waals surface area contributed by atoms with Gasteiger partial charge in [-0.25, -0.2) is 0 Å². The molecule has 1 aromatic rings. The van der Waals surface area contributed by atoms with Crippen molar-refractivity contribution in [2.45, 2.75) is 46.3 Å². The van der Waals surface area contributed by atoms with Crippen LogP contribution in [0.15, 0.2) is 24.3 Å². The second-order valence-electron chi connectivity index (χ2n) is 5.58. The Kier molecular flexibility index (Phi) is 6.68. The van der Waals surface area contributed by atoms with Crippen molar-refractivity contribution in [2.75, 3.05) is 13.1 Å². The van der Waals surface area contributed by atoms with Gasteiger partial charge in [-0.1, -0.05) is 12.1 Å². The van der Waals surface area contributed by atoms with Crippen LogP contribution in [0, 0.1) is 0 Å². The number of hydrogen-bond acceptors (Lipinski definition) is 3. The van der Waals surface area contributed by atoms with Gasteiger partial charge in [0.1, 0.15) is 0 Å². The highest BCUT2D eigenvalue weighted by Gasteiger charge is 2.13. The van der Waals surface area contributed by atoms with E-state index in [1.807, 2.05) is 24.3 Å². The summed E-state index contributed by atoms with van der Waals surface area (Å²) in [6, 6.07) is 8.39. The van der Waals surface area contributed by atoms with Gasteiger partial charge in [-0.15, -0.1) is 0 Å². The minimum absolute atomic E-state index is 0.0268. The maximum absolute atomic E-state index is 12.0. The summed E-state index contributed by atoms with van der Waals surface area (Å²) in [7, 11) is 0. The third-order valence-corrected chi connectivity index (χ3v) is 3.43. The molecule has 3 N–H and O–H groups in total. The standard InChI is InChI=1S/C16H27N3O/c1-12(2)19(13(3)4)10-9-18-16(20)15-7-5-14(11-17)6-8-15/h5-8,12-13H,9-11,17H2,1-4H3,(H,18,20). The minimum Gasteiger partial charge on any atom is -0.351 e. The predicted octanol–water partition coefficient (Wildman–Crippen LogP) is 1.99. The Balaban J connectivity index is 2.46. The van der Waals surface area contributed by atoms with Crippen molar-refractivity contribution in [3.05, 3.63) is 35.4 Å². The molecule has 0 bridgehead atoms.